The summed E-state index contributed by atoms with van der Waals surface area (Å²) in [6.07, 6.45) is 3.85. The van der Waals surface area contributed by atoms with Crippen molar-refractivity contribution >= 4 is 0 Å². The molecule has 1 nitrogen and oxygen atoms in total. The fourth-order valence-corrected chi connectivity index (χ4v) is 0.615. The lowest BCUT2D eigenvalue weighted by Gasteiger charge is -2.03. The zero-order valence-corrected chi connectivity index (χ0v) is 5.52. The van der Waals surface area contributed by atoms with Crippen molar-refractivity contribution in [3.63, 3.8) is 0 Å². The van der Waals surface area contributed by atoms with Gasteiger partial charge in [0.15, 0.2) is 0 Å². The van der Waals surface area contributed by atoms with E-state index < -0.39 is 0 Å². The molecule has 1 radical (unpaired) electrons. The summed E-state index contributed by atoms with van der Waals surface area (Å²) in [6, 6.07) is 2.14. The Kier molecular flexibility index (Phi) is 4.35. The Morgan fingerprint density at radius 1 is 1.75 bits per heavy atom. The molecular formula is C7H12N. The normalized spacial score (nSPS) is 9.25. The van der Waals surface area contributed by atoms with Gasteiger partial charge in [-0.05, 0) is 12.3 Å². The topological polar surface area (TPSA) is 23.8 Å². The van der Waals surface area contributed by atoms with E-state index in [2.05, 4.69) is 19.4 Å². The first-order valence-corrected chi connectivity index (χ1v) is 3.01. The quantitative estimate of drug-likeness (QED) is 0.546. The lowest BCUT2D eigenvalue weighted by atomic mass is 10.0. The number of rotatable bonds is 3. The maximum atomic E-state index is 8.23. The smallest absolute Gasteiger partial charge is 0.0624 e. The standard InChI is InChI=1S/C7H12N/c1-3-7(4-2)5-6-8/h3,7H,4-5H2,1-2H3. The SMILES string of the molecule is C[CH]C(CC)CC#N. The second-order valence-electron chi connectivity index (χ2n) is 1.86. The van der Waals surface area contributed by atoms with E-state index in [-0.39, 0.29) is 0 Å². The third-order valence-electron chi connectivity index (χ3n) is 1.35. The van der Waals surface area contributed by atoms with Crippen molar-refractivity contribution in [2.24, 2.45) is 5.92 Å². The van der Waals surface area contributed by atoms with Gasteiger partial charge >= 0.3 is 0 Å². The van der Waals surface area contributed by atoms with Crippen LogP contribution in [0.5, 0.6) is 0 Å². The fraction of sp³-hybridized carbons (Fsp3) is 0.714. The predicted octanol–water partition coefficient (Wildman–Crippen LogP) is 2.15. The highest BCUT2D eigenvalue weighted by Crippen LogP contribution is 2.09. The van der Waals surface area contributed by atoms with Gasteiger partial charge in [-0.1, -0.05) is 20.3 Å². The average molecular weight is 110 g/mol. The first-order valence-electron chi connectivity index (χ1n) is 3.01. The molecule has 0 aliphatic rings. The van der Waals surface area contributed by atoms with Gasteiger partial charge in [0.05, 0.1) is 6.07 Å². The highest BCUT2D eigenvalue weighted by Gasteiger charge is 1.99. The molecule has 0 N–H and O–H groups in total. The zero-order chi connectivity index (χ0) is 6.41. The van der Waals surface area contributed by atoms with Crippen LogP contribution in [0.3, 0.4) is 0 Å². The third-order valence-corrected chi connectivity index (χ3v) is 1.35. The Hall–Kier alpha value is -0.510. The van der Waals surface area contributed by atoms with Gasteiger partial charge in [-0.15, -0.1) is 0 Å². The molecule has 1 heteroatoms. The van der Waals surface area contributed by atoms with E-state index in [0.717, 1.165) is 6.42 Å². The largest absolute Gasteiger partial charge is 0.198 e. The molecule has 8 heavy (non-hydrogen) atoms. The molecule has 0 fully saturated rings. The first kappa shape index (κ1) is 7.49. The number of hydrogen-bond donors (Lipinski definition) is 0. The van der Waals surface area contributed by atoms with Gasteiger partial charge in [0.2, 0.25) is 0 Å². The van der Waals surface area contributed by atoms with E-state index in [1.165, 1.54) is 0 Å². The summed E-state index contributed by atoms with van der Waals surface area (Å²) in [5, 5.41) is 8.23. The van der Waals surface area contributed by atoms with Crippen LogP contribution in [-0.2, 0) is 0 Å². The molecule has 0 bridgehead atoms. The lowest BCUT2D eigenvalue weighted by molar-refractivity contribution is 0.600. The fourth-order valence-electron chi connectivity index (χ4n) is 0.615. The Morgan fingerprint density at radius 2 is 2.38 bits per heavy atom. The van der Waals surface area contributed by atoms with Crippen molar-refractivity contribution in [1.29, 1.82) is 5.26 Å². The van der Waals surface area contributed by atoms with Crippen molar-refractivity contribution < 1.29 is 0 Å². The molecule has 45 valence electrons. The highest BCUT2D eigenvalue weighted by atomic mass is 14.2. The summed E-state index contributed by atoms with van der Waals surface area (Å²) >= 11 is 0. The Labute approximate surface area is 51.3 Å². The molecular weight excluding hydrogens is 98.1 g/mol. The van der Waals surface area contributed by atoms with Gasteiger partial charge in [-0.3, -0.25) is 0 Å². The summed E-state index contributed by atoms with van der Waals surface area (Å²) in [5.74, 6) is 0.514. The zero-order valence-electron chi connectivity index (χ0n) is 5.52. The van der Waals surface area contributed by atoms with Crippen molar-refractivity contribution in [2.45, 2.75) is 26.7 Å². The summed E-state index contributed by atoms with van der Waals surface area (Å²) in [5.41, 5.74) is 0. The molecule has 0 aromatic carbocycles. The molecule has 0 saturated heterocycles. The van der Waals surface area contributed by atoms with E-state index in [1.807, 2.05) is 6.92 Å². The van der Waals surface area contributed by atoms with Gasteiger partial charge in [0.1, 0.15) is 0 Å². The molecule has 0 aliphatic carbocycles. The molecule has 0 heterocycles. The second-order valence-corrected chi connectivity index (χ2v) is 1.86. The molecule has 0 rings (SSSR count). The van der Waals surface area contributed by atoms with Gasteiger partial charge in [0, 0.05) is 6.42 Å². The van der Waals surface area contributed by atoms with E-state index >= 15 is 0 Å². The number of nitrogens with zero attached hydrogens (tertiary/aromatic N) is 1. The molecule has 1 unspecified atom stereocenters. The van der Waals surface area contributed by atoms with Crippen molar-refractivity contribution in [1.82, 2.24) is 0 Å². The van der Waals surface area contributed by atoms with Crippen LogP contribution in [0.25, 0.3) is 0 Å². The van der Waals surface area contributed by atoms with Crippen LogP contribution >= 0.6 is 0 Å². The maximum Gasteiger partial charge on any atom is 0.0624 e. The molecule has 1 atom stereocenters. The molecule has 0 aromatic heterocycles. The molecule has 0 aliphatic heterocycles. The van der Waals surface area contributed by atoms with Gasteiger partial charge < -0.3 is 0 Å². The van der Waals surface area contributed by atoms with E-state index in [0.29, 0.717) is 12.3 Å². The second kappa shape index (κ2) is 4.64. The first-order chi connectivity index (χ1) is 3.85. The van der Waals surface area contributed by atoms with Crippen LogP contribution in [0.2, 0.25) is 0 Å². The highest BCUT2D eigenvalue weighted by molar-refractivity contribution is 4.81. The van der Waals surface area contributed by atoms with Crippen LogP contribution in [0.1, 0.15) is 26.7 Å². The summed E-state index contributed by atoms with van der Waals surface area (Å²) in [6.45, 7) is 4.10. The average Bonchev–Trinajstić information content (AvgIpc) is 1.83. The number of nitriles is 1. The maximum absolute atomic E-state index is 8.23. The van der Waals surface area contributed by atoms with Crippen LogP contribution in [0.4, 0.5) is 0 Å². The predicted molar refractivity (Wildman–Crippen MR) is 34.0 cm³/mol. The van der Waals surface area contributed by atoms with Crippen molar-refractivity contribution in [3.8, 4) is 6.07 Å². The van der Waals surface area contributed by atoms with Gasteiger partial charge in [0.25, 0.3) is 0 Å². The van der Waals surface area contributed by atoms with Crippen LogP contribution in [0, 0.1) is 23.7 Å². The minimum atomic E-state index is 0.514. The van der Waals surface area contributed by atoms with Gasteiger partial charge in [-0.25, -0.2) is 0 Å². The van der Waals surface area contributed by atoms with Crippen LogP contribution in [-0.4, -0.2) is 0 Å². The Balaban J connectivity index is 3.25. The van der Waals surface area contributed by atoms with E-state index in [1.54, 1.807) is 0 Å². The lowest BCUT2D eigenvalue weighted by Crippen LogP contribution is -1.94. The number of hydrogen-bond acceptors (Lipinski definition) is 1. The third kappa shape index (κ3) is 2.63. The summed E-state index contributed by atoms with van der Waals surface area (Å²) in [4.78, 5) is 0. The Morgan fingerprint density at radius 3 is 2.50 bits per heavy atom. The van der Waals surface area contributed by atoms with Crippen molar-refractivity contribution in [2.75, 3.05) is 0 Å². The molecule has 0 saturated carbocycles. The van der Waals surface area contributed by atoms with E-state index in [9.17, 15) is 0 Å². The van der Waals surface area contributed by atoms with Crippen molar-refractivity contribution in [3.05, 3.63) is 6.42 Å². The van der Waals surface area contributed by atoms with Crippen LogP contribution < -0.4 is 0 Å². The molecule has 0 amide bonds. The minimum absolute atomic E-state index is 0.514. The minimum Gasteiger partial charge on any atom is -0.198 e. The van der Waals surface area contributed by atoms with Gasteiger partial charge in [-0.2, -0.15) is 5.26 Å². The van der Waals surface area contributed by atoms with E-state index in [4.69, 9.17) is 5.26 Å². The Bertz CT molecular complexity index is 76.9. The monoisotopic (exact) mass is 110 g/mol. The molecule has 0 spiro atoms. The molecule has 0 aromatic rings. The van der Waals surface area contributed by atoms with Crippen LogP contribution in [0.15, 0.2) is 0 Å². The summed E-state index contributed by atoms with van der Waals surface area (Å²) in [7, 11) is 0. The summed E-state index contributed by atoms with van der Waals surface area (Å²) < 4.78 is 0.